The minimum Gasteiger partial charge on any atom is -0.465 e. The van der Waals surface area contributed by atoms with Gasteiger partial charge in [-0.1, -0.05) is 12.1 Å². The first kappa shape index (κ1) is 17.5. The topological polar surface area (TPSA) is 107 Å². The zero-order chi connectivity index (χ0) is 18.5. The van der Waals surface area contributed by atoms with Crippen molar-refractivity contribution >= 4 is 45.9 Å². The molecule has 2 aromatic heterocycles. The molecule has 3 aromatic rings. The number of para-hydroxylation sites is 2. The number of amides is 1. The number of thiophene rings is 1. The number of hydrogen-bond acceptors (Lipinski definition) is 8. The zero-order valence-corrected chi connectivity index (χ0v) is 14.4. The van der Waals surface area contributed by atoms with Gasteiger partial charge < -0.3 is 14.8 Å². The number of rotatable bonds is 5. The molecule has 1 amide bonds. The van der Waals surface area contributed by atoms with Crippen LogP contribution >= 0.6 is 11.3 Å². The lowest BCUT2D eigenvalue weighted by atomic mass is 10.3. The van der Waals surface area contributed by atoms with Crippen LogP contribution in [0.5, 0.6) is 0 Å². The van der Waals surface area contributed by atoms with Gasteiger partial charge in [-0.25, -0.2) is 14.6 Å². The standard InChI is InChI=1S/C17H13N3O5S/c1-24-17(23)15-12(6-7-26-15)20-14(21)9-25-16(22)13-8-18-10-4-2-3-5-11(10)19-13/h2-8H,9H2,1H3,(H,20,21). The number of methoxy groups -OCH3 is 1. The van der Waals surface area contributed by atoms with Crippen molar-refractivity contribution in [2.24, 2.45) is 0 Å². The van der Waals surface area contributed by atoms with Gasteiger partial charge in [-0.05, 0) is 23.6 Å². The molecular weight excluding hydrogens is 358 g/mol. The van der Waals surface area contributed by atoms with Gasteiger partial charge in [-0.15, -0.1) is 11.3 Å². The van der Waals surface area contributed by atoms with Crippen LogP contribution in [0.3, 0.4) is 0 Å². The molecule has 8 nitrogen and oxygen atoms in total. The Morgan fingerprint density at radius 1 is 1.12 bits per heavy atom. The fraction of sp³-hybridized carbons (Fsp3) is 0.118. The van der Waals surface area contributed by atoms with Crippen LogP contribution in [0, 0.1) is 0 Å². The maximum absolute atomic E-state index is 12.0. The number of nitrogens with zero attached hydrogens (tertiary/aromatic N) is 2. The second-order valence-corrected chi connectivity index (χ2v) is 5.94. The van der Waals surface area contributed by atoms with E-state index in [9.17, 15) is 14.4 Å². The van der Waals surface area contributed by atoms with Crippen molar-refractivity contribution < 1.29 is 23.9 Å². The molecule has 0 aliphatic rings. The van der Waals surface area contributed by atoms with Gasteiger partial charge in [0.2, 0.25) is 0 Å². The van der Waals surface area contributed by atoms with Crippen molar-refractivity contribution in [1.82, 2.24) is 9.97 Å². The number of aromatic nitrogens is 2. The smallest absolute Gasteiger partial charge is 0.359 e. The van der Waals surface area contributed by atoms with Gasteiger partial charge in [-0.3, -0.25) is 9.78 Å². The third kappa shape index (κ3) is 3.83. The van der Waals surface area contributed by atoms with Crippen LogP contribution in [-0.4, -0.2) is 41.5 Å². The number of carbonyl (C=O) groups is 3. The van der Waals surface area contributed by atoms with Crippen molar-refractivity contribution in [3.63, 3.8) is 0 Å². The van der Waals surface area contributed by atoms with E-state index in [0.717, 1.165) is 11.3 Å². The molecule has 132 valence electrons. The van der Waals surface area contributed by atoms with E-state index >= 15 is 0 Å². The molecule has 0 unspecified atom stereocenters. The average Bonchev–Trinajstić information content (AvgIpc) is 3.13. The van der Waals surface area contributed by atoms with Gasteiger partial charge >= 0.3 is 11.9 Å². The maximum Gasteiger partial charge on any atom is 0.359 e. The summed E-state index contributed by atoms with van der Waals surface area (Å²) >= 11 is 1.13. The van der Waals surface area contributed by atoms with E-state index in [-0.39, 0.29) is 10.6 Å². The first-order valence-corrected chi connectivity index (χ1v) is 8.31. The molecule has 2 heterocycles. The van der Waals surface area contributed by atoms with E-state index < -0.39 is 24.5 Å². The van der Waals surface area contributed by atoms with Crippen molar-refractivity contribution in [3.8, 4) is 0 Å². The summed E-state index contributed by atoms with van der Waals surface area (Å²) in [4.78, 5) is 44.1. The van der Waals surface area contributed by atoms with E-state index in [4.69, 9.17) is 4.74 Å². The van der Waals surface area contributed by atoms with Crippen LogP contribution in [0.25, 0.3) is 11.0 Å². The number of anilines is 1. The first-order valence-electron chi connectivity index (χ1n) is 7.43. The number of esters is 2. The maximum atomic E-state index is 12.0. The van der Waals surface area contributed by atoms with Crippen molar-refractivity contribution in [1.29, 1.82) is 0 Å². The molecule has 0 saturated carbocycles. The summed E-state index contributed by atoms with van der Waals surface area (Å²) in [6.07, 6.45) is 1.29. The van der Waals surface area contributed by atoms with Crippen LogP contribution in [-0.2, 0) is 14.3 Å². The zero-order valence-electron chi connectivity index (χ0n) is 13.6. The normalized spacial score (nSPS) is 10.3. The summed E-state index contributed by atoms with van der Waals surface area (Å²) < 4.78 is 9.58. The Bertz CT molecular complexity index is 985. The third-order valence-corrected chi connectivity index (χ3v) is 4.20. The van der Waals surface area contributed by atoms with E-state index in [2.05, 4.69) is 20.0 Å². The first-order chi connectivity index (χ1) is 12.6. The lowest BCUT2D eigenvalue weighted by molar-refractivity contribution is -0.119. The highest BCUT2D eigenvalue weighted by Gasteiger charge is 2.17. The predicted octanol–water partition coefficient (Wildman–Crippen LogP) is 2.27. The second kappa shape index (κ2) is 7.70. The molecule has 0 saturated heterocycles. The van der Waals surface area contributed by atoms with Gasteiger partial charge in [0.15, 0.2) is 12.3 Å². The minimum absolute atomic E-state index is 0.00211. The Labute approximate surface area is 151 Å². The predicted molar refractivity (Wildman–Crippen MR) is 94.1 cm³/mol. The summed E-state index contributed by atoms with van der Waals surface area (Å²) in [5, 5.41) is 4.14. The molecule has 0 aliphatic heterocycles. The SMILES string of the molecule is COC(=O)c1sccc1NC(=O)COC(=O)c1cnc2ccccc2n1. The number of hydrogen-bond donors (Lipinski definition) is 1. The van der Waals surface area contributed by atoms with Gasteiger partial charge in [0.1, 0.15) is 4.88 Å². The Morgan fingerprint density at radius 3 is 2.65 bits per heavy atom. The van der Waals surface area contributed by atoms with Crippen molar-refractivity contribution in [3.05, 3.63) is 52.5 Å². The molecule has 0 bridgehead atoms. The molecule has 0 fully saturated rings. The summed E-state index contributed by atoms with van der Waals surface area (Å²) in [6.45, 7) is -0.524. The van der Waals surface area contributed by atoms with Crippen LogP contribution in [0.4, 0.5) is 5.69 Å². The minimum atomic E-state index is -0.767. The van der Waals surface area contributed by atoms with E-state index in [1.807, 2.05) is 6.07 Å². The third-order valence-electron chi connectivity index (χ3n) is 3.30. The molecule has 26 heavy (non-hydrogen) atoms. The summed E-state index contributed by atoms with van der Waals surface area (Å²) in [5.74, 6) is -1.91. The van der Waals surface area contributed by atoms with Gasteiger partial charge in [-0.2, -0.15) is 0 Å². The van der Waals surface area contributed by atoms with E-state index in [1.165, 1.54) is 13.3 Å². The summed E-state index contributed by atoms with van der Waals surface area (Å²) in [7, 11) is 1.25. The highest BCUT2D eigenvalue weighted by molar-refractivity contribution is 7.12. The second-order valence-electron chi connectivity index (χ2n) is 5.02. The molecule has 1 N–H and O–H groups in total. The fourth-order valence-corrected chi connectivity index (χ4v) is 2.87. The van der Waals surface area contributed by atoms with Gasteiger partial charge in [0.05, 0.1) is 30.0 Å². The van der Waals surface area contributed by atoms with Crippen molar-refractivity contribution in [2.45, 2.75) is 0 Å². The van der Waals surface area contributed by atoms with Crippen LogP contribution in [0.1, 0.15) is 20.2 Å². The lowest BCUT2D eigenvalue weighted by Gasteiger charge is -2.07. The highest BCUT2D eigenvalue weighted by atomic mass is 32.1. The van der Waals surface area contributed by atoms with Gasteiger partial charge in [0, 0.05) is 0 Å². The summed E-state index contributed by atoms with van der Waals surface area (Å²) in [6, 6.07) is 8.64. The van der Waals surface area contributed by atoms with Crippen LogP contribution in [0.2, 0.25) is 0 Å². The Hall–Kier alpha value is -3.33. The van der Waals surface area contributed by atoms with E-state index in [1.54, 1.807) is 29.6 Å². The molecule has 0 aliphatic carbocycles. The number of carbonyl (C=O) groups excluding carboxylic acids is 3. The Kier molecular flexibility index (Phi) is 5.18. The monoisotopic (exact) mass is 371 g/mol. The van der Waals surface area contributed by atoms with E-state index in [0.29, 0.717) is 16.7 Å². The quantitative estimate of drug-likeness (QED) is 0.686. The molecule has 3 rings (SSSR count). The van der Waals surface area contributed by atoms with Gasteiger partial charge in [0.25, 0.3) is 5.91 Å². The van der Waals surface area contributed by atoms with Crippen molar-refractivity contribution in [2.75, 3.05) is 19.0 Å². The van der Waals surface area contributed by atoms with Crippen LogP contribution < -0.4 is 5.32 Å². The number of fused-ring (bicyclic) bond motifs is 1. The Balaban J connectivity index is 1.61. The average molecular weight is 371 g/mol. The summed E-state index contributed by atoms with van der Waals surface area (Å²) in [5.41, 5.74) is 1.50. The molecule has 0 radical (unpaired) electrons. The van der Waals surface area contributed by atoms with Crippen LogP contribution in [0.15, 0.2) is 41.9 Å². The Morgan fingerprint density at radius 2 is 1.88 bits per heavy atom. The number of ether oxygens (including phenoxy) is 2. The molecular formula is C17H13N3O5S. The lowest BCUT2D eigenvalue weighted by Crippen LogP contribution is -2.22. The number of nitrogens with one attached hydrogen (secondary N) is 1. The molecule has 0 spiro atoms. The number of benzene rings is 1. The highest BCUT2D eigenvalue weighted by Crippen LogP contribution is 2.23. The largest absolute Gasteiger partial charge is 0.465 e. The molecule has 0 atom stereocenters. The molecule has 9 heteroatoms. The molecule has 1 aromatic carbocycles. The fourth-order valence-electron chi connectivity index (χ4n) is 2.11.